The minimum Gasteiger partial charge on any atom is -0.428 e. The molecule has 0 aliphatic carbocycles. The summed E-state index contributed by atoms with van der Waals surface area (Å²) in [6.45, 7) is 6.52. The Bertz CT molecular complexity index is 183. The summed E-state index contributed by atoms with van der Waals surface area (Å²) in [5, 5.41) is 0. The topological polar surface area (TPSA) is 52.6 Å². The first kappa shape index (κ1) is 10.9. The molecule has 0 rings (SSSR count). The fraction of sp³-hybridized carbons (Fsp3) is 0.750. The maximum absolute atomic E-state index is 10.8. The predicted octanol–water partition coefficient (Wildman–Crippen LogP) is 1.87. The van der Waals surface area contributed by atoms with Crippen molar-refractivity contribution in [2.24, 2.45) is 0 Å². The van der Waals surface area contributed by atoms with Crippen molar-refractivity contribution >= 4 is 12.1 Å². The van der Waals surface area contributed by atoms with Crippen LogP contribution in [0.3, 0.4) is 0 Å². The van der Waals surface area contributed by atoms with Gasteiger partial charge in [-0.05, 0) is 20.3 Å². The fourth-order valence-corrected chi connectivity index (χ4v) is 0.436. The van der Waals surface area contributed by atoms with Gasteiger partial charge >= 0.3 is 12.1 Å². The second-order valence-electron chi connectivity index (χ2n) is 3.06. The van der Waals surface area contributed by atoms with Gasteiger partial charge < -0.3 is 9.47 Å². The SMILES string of the molecule is CCC(C)(C)OC(=O)OC(C)=O. The molecular formula is C8H14O4. The van der Waals surface area contributed by atoms with E-state index in [9.17, 15) is 9.59 Å². The molecule has 0 spiro atoms. The lowest BCUT2D eigenvalue weighted by Crippen LogP contribution is -2.28. The van der Waals surface area contributed by atoms with Gasteiger partial charge in [-0.15, -0.1) is 0 Å². The van der Waals surface area contributed by atoms with E-state index in [0.29, 0.717) is 6.42 Å². The second-order valence-corrected chi connectivity index (χ2v) is 3.06. The number of rotatable bonds is 2. The molecule has 4 heteroatoms. The standard InChI is InChI=1S/C8H14O4/c1-5-8(3,4)12-7(10)11-6(2)9/h5H2,1-4H3. The lowest BCUT2D eigenvalue weighted by Gasteiger charge is -2.21. The average Bonchev–Trinajstić information content (AvgIpc) is 1.84. The molecule has 0 aliphatic heterocycles. The molecule has 0 aromatic carbocycles. The zero-order valence-electron chi connectivity index (χ0n) is 7.84. The number of esters is 1. The van der Waals surface area contributed by atoms with Crippen molar-refractivity contribution in [2.45, 2.75) is 39.7 Å². The van der Waals surface area contributed by atoms with E-state index in [2.05, 4.69) is 4.74 Å². The Labute approximate surface area is 71.8 Å². The van der Waals surface area contributed by atoms with E-state index in [1.54, 1.807) is 13.8 Å². The van der Waals surface area contributed by atoms with Crippen LogP contribution in [0.25, 0.3) is 0 Å². The molecule has 0 N–H and O–H groups in total. The van der Waals surface area contributed by atoms with E-state index in [1.807, 2.05) is 6.92 Å². The van der Waals surface area contributed by atoms with Crippen LogP contribution in [0.15, 0.2) is 0 Å². The summed E-state index contributed by atoms with van der Waals surface area (Å²) in [7, 11) is 0. The average molecular weight is 174 g/mol. The molecule has 70 valence electrons. The molecule has 0 fully saturated rings. The van der Waals surface area contributed by atoms with Crippen LogP contribution in [0, 0.1) is 0 Å². The Balaban J connectivity index is 3.92. The molecule has 4 nitrogen and oxygen atoms in total. The third-order valence-corrected chi connectivity index (χ3v) is 1.44. The van der Waals surface area contributed by atoms with Gasteiger partial charge in [-0.3, -0.25) is 4.79 Å². The Morgan fingerprint density at radius 3 is 2.17 bits per heavy atom. The third-order valence-electron chi connectivity index (χ3n) is 1.44. The summed E-state index contributed by atoms with van der Waals surface area (Å²) in [4.78, 5) is 21.1. The van der Waals surface area contributed by atoms with Crippen LogP contribution in [0.4, 0.5) is 4.79 Å². The van der Waals surface area contributed by atoms with Crippen molar-refractivity contribution < 1.29 is 19.1 Å². The molecular weight excluding hydrogens is 160 g/mol. The van der Waals surface area contributed by atoms with Crippen molar-refractivity contribution in [2.75, 3.05) is 0 Å². The van der Waals surface area contributed by atoms with E-state index >= 15 is 0 Å². The summed E-state index contributed by atoms with van der Waals surface area (Å²) < 4.78 is 9.00. The summed E-state index contributed by atoms with van der Waals surface area (Å²) in [5.74, 6) is -0.660. The van der Waals surface area contributed by atoms with Crippen molar-refractivity contribution in [3.05, 3.63) is 0 Å². The highest BCUT2D eigenvalue weighted by atomic mass is 16.7. The maximum atomic E-state index is 10.8. The normalized spacial score (nSPS) is 10.7. The largest absolute Gasteiger partial charge is 0.516 e. The maximum Gasteiger partial charge on any atom is 0.516 e. The van der Waals surface area contributed by atoms with E-state index in [0.717, 1.165) is 6.92 Å². The minimum atomic E-state index is -0.936. The lowest BCUT2D eigenvalue weighted by atomic mass is 10.1. The molecule has 0 aromatic heterocycles. The van der Waals surface area contributed by atoms with Crippen LogP contribution >= 0.6 is 0 Å². The van der Waals surface area contributed by atoms with Gasteiger partial charge in [0, 0.05) is 6.92 Å². The zero-order valence-corrected chi connectivity index (χ0v) is 7.84. The van der Waals surface area contributed by atoms with Crippen molar-refractivity contribution in [3.8, 4) is 0 Å². The summed E-state index contributed by atoms with van der Waals surface area (Å²) in [6.07, 6.45) is -0.269. The third kappa shape index (κ3) is 4.71. The van der Waals surface area contributed by atoms with Crippen LogP contribution < -0.4 is 0 Å². The summed E-state index contributed by atoms with van der Waals surface area (Å²) >= 11 is 0. The number of hydrogen-bond acceptors (Lipinski definition) is 4. The number of ether oxygens (including phenoxy) is 2. The number of carbonyl (C=O) groups excluding carboxylic acids is 2. The Morgan fingerprint density at radius 2 is 1.83 bits per heavy atom. The molecule has 0 atom stereocenters. The van der Waals surface area contributed by atoms with Gasteiger partial charge in [0.2, 0.25) is 0 Å². The molecule has 0 aliphatic rings. The van der Waals surface area contributed by atoms with Gasteiger partial charge in [0.15, 0.2) is 0 Å². The molecule has 0 saturated carbocycles. The lowest BCUT2D eigenvalue weighted by molar-refractivity contribution is -0.139. The number of hydrogen-bond donors (Lipinski definition) is 0. The van der Waals surface area contributed by atoms with Crippen LogP contribution in [0.1, 0.15) is 34.1 Å². The van der Waals surface area contributed by atoms with E-state index in [-0.39, 0.29) is 0 Å². The molecule has 0 aromatic rings. The van der Waals surface area contributed by atoms with Gasteiger partial charge in [0.25, 0.3) is 0 Å². The Morgan fingerprint density at radius 1 is 1.33 bits per heavy atom. The van der Waals surface area contributed by atoms with Crippen molar-refractivity contribution in [3.63, 3.8) is 0 Å². The quantitative estimate of drug-likeness (QED) is 0.473. The second kappa shape index (κ2) is 4.09. The van der Waals surface area contributed by atoms with Gasteiger partial charge in [-0.25, -0.2) is 4.79 Å². The van der Waals surface area contributed by atoms with Crippen LogP contribution in [0.5, 0.6) is 0 Å². The van der Waals surface area contributed by atoms with Gasteiger partial charge in [-0.1, -0.05) is 6.92 Å². The fourth-order valence-electron chi connectivity index (χ4n) is 0.436. The highest BCUT2D eigenvalue weighted by Gasteiger charge is 2.22. The van der Waals surface area contributed by atoms with E-state index in [1.165, 1.54) is 0 Å². The van der Waals surface area contributed by atoms with Gasteiger partial charge in [0.1, 0.15) is 5.60 Å². The first-order chi connectivity index (χ1) is 5.37. The Kier molecular flexibility index (Phi) is 3.73. The highest BCUT2D eigenvalue weighted by Crippen LogP contribution is 2.14. The van der Waals surface area contributed by atoms with E-state index in [4.69, 9.17) is 4.74 Å². The minimum absolute atomic E-state index is 0.577. The predicted molar refractivity (Wildman–Crippen MR) is 42.6 cm³/mol. The monoisotopic (exact) mass is 174 g/mol. The van der Waals surface area contributed by atoms with Gasteiger partial charge in [0.05, 0.1) is 0 Å². The van der Waals surface area contributed by atoms with E-state index < -0.39 is 17.7 Å². The Hall–Kier alpha value is -1.06. The molecule has 0 unspecified atom stereocenters. The molecule has 0 bridgehead atoms. The molecule has 0 radical (unpaired) electrons. The molecule has 0 amide bonds. The summed E-state index contributed by atoms with van der Waals surface area (Å²) in [6, 6.07) is 0. The molecule has 0 heterocycles. The smallest absolute Gasteiger partial charge is 0.428 e. The summed E-state index contributed by atoms with van der Waals surface area (Å²) in [5.41, 5.74) is -0.577. The van der Waals surface area contributed by atoms with Crippen LogP contribution in [0.2, 0.25) is 0 Å². The first-order valence-electron chi connectivity index (χ1n) is 3.79. The van der Waals surface area contributed by atoms with Crippen LogP contribution in [-0.4, -0.2) is 17.7 Å². The van der Waals surface area contributed by atoms with Gasteiger partial charge in [-0.2, -0.15) is 0 Å². The van der Waals surface area contributed by atoms with Crippen molar-refractivity contribution in [1.82, 2.24) is 0 Å². The first-order valence-corrected chi connectivity index (χ1v) is 3.79. The zero-order chi connectivity index (χ0) is 9.78. The molecule has 0 saturated heterocycles. The van der Waals surface area contributed by atoms with Crippen LogP contribution in [-0.2, 0) is 14.3 Å². The highest BCUT2D eigenvalue weighted by molar-refractivity contribution is 5.80. The number of carbonyl (C=O) groups is 2. The van der Waals surface area contributed by atoms with Crippen molar-refractivity contribution in [1.29, 1.82) is 0 Å². The molecule has 12 heavy (non-hydrogen) atoms.